The van der Waals surface area contributed by atoms with E-state index >= 15 is 0 Å². The fourth-order valence-corrected chi connectivity index (χ4v) is 2.67. The molecule has 0 aromatic carbocycles. The number of hydrogen-bond acceptors (Lipinski definition) is 2. The normalized spacial score (nSPS) is 26.1. The Balaban J connectivity index is 2.59. The van der Waals surface area contributed by atoms with Gasteiger partial charge in [0.25, 0.3) is 0 Å². The molecule has 3 heteroatoms. The first-order valence-corrected chi connectivity index (χ1v) is 7.21. The summed E-state index contributed by atoms with van der Waals surface area (Å²) in [6, 6.07) is 0.474. The van der Waals surface area contributed by atoms with Crippen molar-refractivity contribution in [3.05, 3.63) is 0 Å². The third-order valence-corrected chi connectivity index (χ3v) is 5.09. The molecule has 1 aliphatic rings. The summed E-state index contributed by atoms with van der Waals surface area (Å²) in [6.07, 6.45) is 6.18. The highest BCUT2D eigenvalue weighted by Gasteiger charge is 2.44. The average Bonchev–Trinajstić information content (AvgIpc) is 2.29. The Morgan fingerprint density at radius 1 is 1.17 bits per heavy atom. The highest BCUT2D eigenvalue weighted by atomic mass is 16.4. The lowest BCUT2D eigenvalue weighted by Gasteiger charge is -2.43. The number of nitrogens with one attached hydrogen (secondary N) is 1. The van der Waals surface area contributed by atoms with E-state index in [-0.39, 0.29) is 5.54 Å². The molecule has 0 spiro atoms. The molecule has 0 aromatic heterocycles. The van der Waals surface area contributed by atoms with Crippen LogP contribution < -0.4 is 5.32 Å². The Labute approximate surface area is 111 Å². The molecule has 0 amide bonds. The zero-order valence-corrected chi connectivity index (χ0v) is 12.5. The lowest BCUT2D eigenvalue weighted by Crippen LogP contribution is -2.58. The summed E-state index contributed by atoms with van der Waals surface area (Å²) in [6.45, 7) is 9.88. The number of aliphatic carboxylic acids is 1. The Kier molecular flexibility index (Phi) is 4.82. The second-order valence-corrected chi connectivity index (χ2v) is 6.83. The van der Waals surface area contributed by atoms with Gasteiger partial charge in [0.05, 0.1) is 5.41 Å². The molecule has 0 atom stereocenters. The van der Waals surface area contributed by atoms with Gasteiger partial charge in [-0.15, -0.1) is 0 Å². The van der Waals surface area contributed by atoms with Crippen molar-refractivity contribution < 1.29 is 9.90 Å². The van der Waals surface area contributed by atoms with Crippen LogP contribution in [0.5, 0.6) is 0 Å². The number of carboxylic acids is 1. The second kappa shape index (κ2) is 5.60. The number of hydrogen-bond donors (Lipinski definition) is 2. The molecule has 0 bridgehead atoms. The van der Waals surface area contributed by atoms with Crippen LogP contribution in [-0.2, 0) is 4.79 Å². The first-order chi connectivity index (χ1) is 8.20. The Bertz CT molecular complexity index is 289. The Hall–Kier alpha value is -0.570. The van der Waals surface area contributed by atoms with Crippen molar-refractivity contribution in [3.63, 3.8) is 0 Å². The molecule has 1 saturated carbocycles. The van der Waals surface area contributed by atoms with Crippen LogP contribution in [0.25, 0.3) is 0 Å². The molecular weight excluding hydrogens is 226 g/mol. The third-order valence-electron chi connectivity index (χ3n) is 5.09. The van der Waals surface area contributed by atoms with Gasteiger partial charge in [0.2, 0.25) is 0 Å². The average molecular weight is 255 g/mol. The minimum Gasteiger partial charge on any atom is -0.481 e. The largest absolute Gasteiger partial charge is 0.481 e. The molecule has 106 valence electrons. The van der Waals surface area contributed by atoms with Crippen LogP contribution in [0.3, 0.4) is 0 Å². The van der Waals surface area contributed by atoms with Crippen LogP contribution in [-0.4, -0.2) is 22.7 Å². The van der Waals surface area contributed by atoms with E-state index in [1.807, 2.05) is 13.8 Å². The monoisotopic (exact) mass is 255 g/mol. The Morgan fingerprint density at radius 3 is 2.06 bits per heavy atom. The third kappa shape index (κ3) is 3.25. The van der Waals surface area contributed by atoms with Gasteiger partial charge in [0.1, 0.15) is 0 Å². The summed E-state index contributed by atoms with van der Waals surface area (Å²) in [5, 5.41) is 12.9. The van der Waals surface area contributed by atoms with Crippen molar-refractivity contribution in [3.8, 4) is 0 Å². The van der Waals surface area contributed by atoms with E-state index in [1.165, 1.54) is 32.1 Å². The van der Waals surface area contributed by atoms with Gasteiger partial charge in [-0.05, 0) is 59.3 Å². The SMILES string of the molecule is CCC1CCC(NC(C)(C)C(C)(C)C(=O)O)CC1. The van der Waals surface area contributed by atoms with E-state index in [4.69, 9.17) is 0 Å². The molecular formula is C15H29NO2. The summed E-state index contributed by atoms with van der Waals surface area (Å²) in [5.41, 5.74) is -1.14. The molecule has 0 aliphatic heterocycles. The maximum absolute atomic E-state index is 11.4. The van der Waals surface area contributed by atoms with E-state index < -0.39 is 11.4 Å². The van der Waals surface area contributed by atoms with Gasteiger partial charge in [0, 0.05) is 11.6 Å². The topological polar surface area (TPSA) is 49.3 Å². The number of rotatable bonds is 5. The number of carbonyl (C=O) groups is 1. The molecule has 0 heterocycles. The lowest BCUT2D eigenvalue weighted by molar-refractivity contribution is -0.151. The van der Waals surface area contributed by atoms with Crippen molar-refractivity contribution in [2.75, 3.05) is 0 Å². The Morgan fingerprint density at radius 2 is 1.67 bits per heavy atom. The van der Waals surface area contributed by atoms with Crippen molar-refractivity contribution in [1.29, 1.82) is 0 Å². The molecule has 0 saturated heterocycles. The van der Waals surface area contributed by atoms with Crippen molar-refractivity contribution in [2.24, 2.45) is 11.3 Å². The molecule has 0 unspecified atom stereocenters. The molecule has 1 fully saturated rings. The van der Waals surface area contributed by atoms with Gasteiger partial charge >= 0.3 is 5.97 Å². The molecule has 3 nitrogen and oxygen atoms in total. The highest BCUT2D eigenvalue weighted by molar-refractivity contribution is 5.75. The van der Waals surface area contributed by atoms with Crippen LogP contribution in [0.4, 0.5) is 0 Å². The fraction of sp³-hybridized carbons (Fsp3) is 0.933. The van der Waals surface area contributed by atoms with Gasteiger partial charge in [-0.2, -0.15) is 0 Å². The maximum atomic E-state index is 11.4. The molecule has 18 heavy (non-hydrogen) atoms. The smallest absolute Gasteiger partial charge is 0.310 e. The van der Waals surface area contributed by atoms with Gasteiger partial charge in [-0.3, -0.25) is 4.79 Å². The second-order valence-electron chi connectivity index (χ2n) is 6.83. The molecule has 1 aliphatic carbocycles. The van der Waals surface area contributed by atoms with Gasteiger partial charge in [-0.1, -0.05) is 13.3 Å². The lowest BCUT2D eigenvalue weighted by atomic mass is 9.73. The number of carboxylic acid groups (broad SMARTS) is 1. The van der Waals surface area contributed by atoms with Gasteiger partial charge in [0.15, 0.2) is 0 Å². The van der Waals surface area contributed by atoms with E-state index in [0.29, 0.717) is 6.04 Å². The van der Waals surface area contributed by atoms with Crippen LogP contribution in [0.2, 0.25) is 0 Å². The molecule has 0 aromatic rings. The fourth-order valence-electron chi connectivity index (χ4n) is 2.67. The van der Waals surface area contributed by atoms with E-state index in [1.54, 1.807) is 13.8 Å². The van der Waals surface area contributed by atoms with Crippen LogP contribution in [0.1, 0.15) is 66.7 Å². The summed E-state index contributed by atoms with van der Waals surface area (Å²) in [7, 11) is 0. The summed E-state index contributed by atoms with van der Waals surface area (Å²) < 4.78 is 0. The summed E-state index contributed by atoms with van der Waals surface area (Å²) >= 11 is 0. The van der Waals surface area contributed by atoms with Crippen molar-refractivity contribution in [1.82, 2.24) is 5.32 Å². The highest BCUT2D eigenvalue weighted by Crippen LogP contribution is 2.34. The van der Waals surface area contributed by atoms with Crippen molar-refractivity contribution in [2.45, 2.75) is 78.3 Å². The molecule has 0 radical (unpaired) electrons. The van der Waals surface area contributed by atoms with E-state index in [2.05, 4.69) is 12.2 Å². The summed E-state index contributed by atoms with van der Waals surface area (Å²) in [5.74, 6) is 0.140. The predicted molar refractivity (Wildman–Crippen MR) is 74.7 cm³/mol. The van der Waals surface area contributed by atoms with Crippen LogP contribution in [0, 0.1) is 11.3 Å². The van der Waals surface area contributed by atoms with Gasteiger partial charge < -0.3 is 10.4 Å². The zero-order valence-electron chi connectivity index (χ0n) is 12.5. The quantitative estimate of drug-likeness (QED) is 0.791. The van der Waals surface area contributed by atoms with Crippen molar-refractivity contribution >= 4 is 5.97 Å². The van der Waals surface area contributed by atoms with Crippen LogP contribution in [0.15, 0.2) is 0 Å². The first-order valence-electron chi connectivity index (χ1n) is 7.21. The first kappa shape index (κ1) is 15.5. The minimum atomic E-state index is -0.755. The standard InChI is InChI=1S/C15H29NO2/c1-6-11-7-9-12(10-8-11)16-15(4,5)14(2,3)13(17)18/h11-12,16H,6-10H2,1-5H3,(H,17,18). The van der Waals surface area contributed by atoms with E-state index in [9.17, 15) is 9.90 Å². The maximum Gasteiger partial charge on any atom is 0.310 e. The zero-order chi connectivity index (χ0) is 14.0. The predicted octanol–water partition coefficient (Wildman–Crippen LogP) is 3.43. The molecule has 1 rings (SSSR count). The van der Waals surface area contributed by atoms with E-state index in [0.717, 1.165) is 5.92 Å². The minimum absolute atomic E-state index is 0.386. The van der Waals surface area contributed by atoms with Crippen LogP contribution >= 0.6 is 0 Å². The summed E-state index contributed by atoms with van der Waals surface area (Å²) in [4.78, 5) is 11.4. The van der Waals surface area contributed by atoms with Gasteiger partial charge in [-0.25, -0.2) is 0 Å². The molecule has 2 N–H and O–H groups in total.